The molecule has 0 radical (unpaired) electrons. The Morgan fingerprint density at radius 1 is 1.14 bits per heavy atom. The molecule has 6 heteroatoms. The summed E-state index contributed by atoms with van der Waals surface area (Å²) in [5.41, 5.74) is 1.91. The average Bonchev–Trinajstić information content (AvgIpc) is 2.83. The zero-order valence-electron chi connectivity index (χ0n) is 12.3. The minimum atomic E-state index is -3.45. The third-order valence-electron chi connectivity index (χ3n) is 3.74. The molecular formula is C16H18N2O3S. The van der Waals surface area contributed by atoms with E-state index in [1.54, 1.807) is 7.11 Å². The molecule has 1 atom stereocenters. The van der Waals surface area contributed by atoms with Gasteiger partial charge >= 0.3 is 0 Å². The monoisotopic (exact) mass is 318 g/mol. The van der Waals surface area contributed by atoms with Crippen molar-refractivity contribution in [2.45, 2.75) is 12.6 Å². The lowest BCUT2D eigenvalue weighted by molar-refractivity contribution is 0.413. The van der Waals surface area contributed by atoms with E-state index in [4.69, 9.17) is 4.74 Å². The van der Waals surface area contributed by atoms with Crippen LogP contribution in [0.1, 0.15) is 17.2 Å². The van der Waals surface area contributed by atoms with Gasteiger partial charge in [0.15, 0.2) is 0 Å². The third-order valence-corrected chi connectivity index (χ3v) is 5.28. The Kier molecular flexibility index (Phi) is 4.15. The maximum Gasteiger partial charge on any atom is 0.280 e. The van der Waals surface area contributed by atoms with Crippen LogP contribution < -0.4 is 9.46 Å². The fraction of sp³-hybridized carbons (Fsp3) is 0.250. The van der Waals surface area contributed by atoms with Crippen molar-refractivity contribution in [2.75, 3.05) is 13.7 Å². The van der Waals surface area contributed by atoms with Gasteiger partial charge in [0.1, 0.15) is 5.75 Å². The standard InChI is InChI=1S/C16H18N2O3S/c1-21-15-9-7-14(8-10-15)16-12-18(22(19,20)17-16)11-13-5-3-2-4-6-13/h2-10,16-17H,11-12H2,1H3. The number of benzene rings is 2. The molecule has 1 N–H and O–H groups in total. The van der Waals surface area contributed by atoms with Crippen molar-refractivity contribution in [1.82, 2.24) is 9.03 Å². The van der Waals surface area contributed by atoms with Gasteiger partial charge in [-0.2, -0.15) is 17.4 Å². The molecule has 1 heterocycles. The van der Waals surface area contributed by atoms with E-state index in [9.17, 15) is 8.42 Å². The number of hydrogen-bond acceptors (Lipinski definition) is 3. The van der Waals surface area contributed by atoms with Crippen LogP contribution in [0.2, 0.25) is 0 Å². The summed E-state index contributed by atoms with van der Waals surface area (Å²) in [6, 6.07) is 16.8. The lowest BCUT2D eigenvalue weighted by Gasteiger charge is -2.13. The fourth-order valence-corrected chi connectivity index (χ4v) is 3.92. The molecule has 1 aliphatic rings. The summed E-state index contributed by atoms with van der Waals surface area (Å²) < 4.78 is 33.8. The summed E-state index contributed by atoms with van der Waals surface area (Å²) in [7, 11) is -1.84. The summed E-state index contributed by atoms with van der Waals surface area (Å²) in [4.78, 5) is 0. The first-order valence-corrected chi connectivity index (χ1v) is 8.48. The molecule has 5 nitrogen and oxygen atoms in total. The van der Waals surface area contributed by atoms with Crippen molar-refractivity contribution in [3.05, 3.63) is 65.7 Å². The van der Waals surface area contributed by atoms with Gasteiger partial charge in [0.25, 0.3) is 10.2 Å². The maximum atomic E-state index is 12.3. The quantitative estimate of drug-likeness (QED) is 0.939. The minimum Gasteiger partial charge on any atom is -0.497 e. The van der Waals surface area contributed by atoms with Gasteiger partial charge in [0, 0.05) is 13.1 Å². The van der Waals surface area contributed by atoms with E-state index in [0.29, 0.717) is 13.1 Å². The third kappa shape index (κ3) is 3.14. The van der Waals surface area contributed by atoms with E-state index in [-0.39, 0.29) is 6.04 Å². The van der Waals surface area contributed by atoms with Crippen LogP contribution in [0.5, 0.6) is 5.75 Å². The van der Waals surface area contributed by atoms with Gasteiger partial charge in [-0.3, -0.25) is 0 Å². The lowest BCUT2D eigenvalue weighted by Crippen LogP contribution is -2.29. The predicted octanol–water partition coefficient (Wildman–Crippen LogP) is 2.09. The first-order valence-electron chi connectivity index (χ1n) is 7.04. The first kappa shape index (κ1) is 15.0. The number of rotatable bonds is 4. The Bertz CT molecular complexity index is 730. The van der Waals surface area contributed by atoms with Crippen molar-refractivity contribution < 1.29 is 13.2 Å². The Morgan fingerprint density at radius 2 is 1.82 bits per heavy atom. The molecule has 0 amide bonds. The van der Waals surface area contributed by atoms with E-state index < -0.39 is 10.2 Å². The van der Waals surface area contributed by atoms with Crippen LogP contribution in [0.4, 0.5) is 0 Å². The van der Waals surface area contributed by atoms with Crippen molar-refractivity contribution in [1.29, 1.82) is 0 Å². The number of nitrogens with zero attached hydrogens (tertiary/aromatic N) is 1. The van der Waals surface area contributed by atoms with Crippen molar-refractivity contribution >= 4 is 10.2 Å². The second kappa shape index (κ2) is 6.08. The normalized spacial score (nSPS) is 20.9. The maximum absolute atomic E-state index is 12.3. The average molecular weight is 318 g/mol. The molecule has 3 rings (SSSR count). The molecule has 1 saturated heterocycles. The van der Waals surface area contributed by atoms with E-state index in [2.05, 4.69) is 4.72 Å². The molecule has 0 bridgehead atoms. The van der Waals surface area contributed by atoms with Crippen LogP contribution in [-0.4, -0.2) is 26.4 Å². The van der Waals surface area contributed by atoms with Gasteiger partial charge in [-0.25, -0.2) is 0 Å². The van der Waals surface area contributed by atoms with Crippen molar-refractivity contribution in [3.63, 3.8) is 0 Å². The highest BCUT2D eigenvalue weighted by molar-refractivity contribution is 7.87. The molecule has 0 aromatic heterocycles. The summed E-state index contributed by atoms with van der Waals surface area (Å²) >= 11 is 0. The van der Waals surface area contributed by atoms with Crippen LogP contribution in [0, 0.1) is 0 Å². The van der Waals surface area contributed by atoms with Crippen molar-refractivity contribution in [2.24, 2.45) is 0 Å². The molecule has 22 heavy (non-hydrogen) atoms. The van der Waals surface area contributed by atoms with E-state index >= 15 is 0 Å². The van der Waals surface area contributed by atoms with Gasteiger partial charge in [0.2, 0.25) is 0 Å². The molecule has 2 aromatic rings. The fourth-order valence-electron chi connectivity index (χ4n) is 2.54. The Morgan fingerprint density at radius 3 is 2.45 bits per heavy atom. The topological polar surface area (TPSA) is 58.6 Å². The number of nitrogens with one attached hydrogen (secondary N) is 1. The Hall–Kier alpha value is -1.89. The SMILES string of the molecule is COc1ccc(C2CN(Cc3ccccc3)S(=O)(=O)N2)cc1. The Balaban J connectivity index is 1.77. The van der Waals surface area contributed by atoms with Crippen LogP contribution in [0.15, 0.2) is 54.6 Å². The summed E-state index contributed by atoms with van der Waals surface area (Å²) in [6.45, 7) is 0.798. The number of ether oxygens (including phenoxy) is 1. The molecule has 0 spiro atoms. The largest absolute Gasteiger partial charge is 0.497 e. The van der Waals surface area contributed by atoms with E-state index in [1.807, 2.05) is 54.6 Å². The molecule has 1 unspecified atom stereocenters. The molecule has 2 aromatic carbocycles. The highest BCUT2D eigenvalue weighted by Gasteiger charge is 2.35. The highest BCUT2D eigenvalue weighted by atomic mass is 32.2. The number of methoxy groups -OCH3 is 1. The second-order valence-electron chi connectivity index (χ2n) is 5.23. The molecule has 1 fully saturated rings. The molecule has 0 saturated carbocycles. The Labute approximate surface area is 130 Å². The van der Waals surface area contributed by atoms with Gasteiger partial charge in [0.05, 0.1) is 13.2 Å². The summed E-state index contributed by atoms with van der Waals surface area (Å²) in [5.74, 6) is 0.755. The van der Waals surface area contributed by atoms with E-state index in [1.165, 1.54) is 4.31 Å². The highest BCUT2D eigenvalue weighted by Crippen LogP contribution is 2.26. The van der Waals surface area contributed by atoms with Gasteiger partial charge in [-0.05, 0) is 23.3 Å². The lowest BCUT2D eigenvalue weighted by atomic mass is 10.1. The smallest absolute Gasteiger partial charge is 0.280 e. The predicted molar refractivity (Wildman–Crippen MR) is 84.6 cm³/mol. The first-order chi connectivity index (χ1) is 10.6. The van der Waals surface area contributed by atoms with Crippen LogP contribution in [-0.2, 0) is 16.8 Å². The summed E-state index contributed by atoms with van der Waals surface area (Å²) in [6.07, 6.45) is 0. The van der Waals surface area contributed by atoms with Gasteiger partial charge in [-0.15, -0.1) is 0 Å². The van der Waals surface area contributed by atoms with Gasteiger partial charge < -0.3 is 4.74 Å². The number of hydrogen-bond donors (Lipinski definition) is 1. The van der Waals surface area contributed by atoms with E-state index in [0.717, 1.165) is 16.9 Å². The van der Waals surface area contributed by atoms with Crippen LogP contribution in [0.25, 0.3) is 0 Å². The summed E-state index contributed by atoms with van der Waals surface area (Å²) in [5, 5.41) is 0. The van der Waals surface area contributed by atoms with Crippen molar-refractivity contribution in [3.8, 4) is 5.75 Å². The van der Waals surface area contributed by atoms with Crippen LogP contribution >= 0.6 is 0 Å². The zero-order chi connectivity index (χ0) is 15.6. The van der Waals surface area contributed by atoms with Gasteiger partial charge in [-0.1, -0.05) is 42.5 Å². The second-order valence-corrected chi connectivity index (χ2v) is 6.93. The molecular weight excluding hydrogens is 300 g/mol. The van der Waals surface area contributed by atoms with Crippen LogP contribution in [0.3, 0.4) is 0 Å². The molecule has 1 aliphatic heterocycles. The molecule has 0 aliphatic carbocycles. The molecule has 116 valence electrons. The minimum absolute atomic E-state index is 0.236. The zero-order valence-corrected chi connectivity index (χ0v) is 13.1.